The lowest BCUT2D eigenvalue weighted by atomic mass is 10.1. The Hall–Kier alpha value is -1.77. The predicted octanol–water partition coefficient (Wildman–Crippen LogP) is 0.354. The number of hydrogen-bond acceptors (Lipinski definition) is 5. The molecule has 0 amide bonds. The molecule has 0 saturated heterocycles. The second-order valence-electron chi connectivity index (χ2n) is 4.65. The van der Waals surface area contributed by atoms with Crippen molar-refractivity contribution in [3.63, 3.8) is 0 Å². The first-order chi connectivity index (χ1) is 10.0. The molecule has 114 valence electrons. The Balaban J connectivity index is 2.10. The third-order valence-corrected chi connectivity index (χ3v) is 4.78. The molecule has 0 spiro atoms. The van der Waals surface area contributed by atoms with Crippen molar-refractivity contribution in [2.45, 2.75) is 24.8 Å². The predicted molar refractivity (Wildman–Crippen MR) is 79.2 cm³/mol. The van der Waals surface area contributed by atoms with Crippen LogP contribution in [0.25, 0.3) is 0 Å². The number of sulfonamides is 1. The van der Waals surface area contributed by atoms with Gasteiger partial charge in [-0.05, 0) is 31.2 Å². The molecule has 0 bridgehead atoms. The molecule has 21 heavy (non-hydrogen) atoms. The standard InChI is InChI=1S/C13H19N5O2S/c1-10-11(8-14-2)4-3-5-12(10)21(19,20)17-7-6-13-15-9-16-18-13/h3-5,9,14,17H,6-8H2,1-2H3,(H,15,16,18). The van der Waals surface area contributed by atoms with Gasteiger partial charge in [0.05, 0.1) is 4.90 Å². The van der Waals surface area contributed by atoms with Gasteiger partial charge in [-0.3, -0.25) is 5.10 Å². The van der Waals surface area contributed by atoms with Crippen LogP contribution in [0.1, 0.15) is 17.0 Å². The van der Waals surface area contributed by atoms with Crippen molar-refractivity contribution in [2.24, 2.45) is 0 Å². The number of nitrogens with one attached hydrogen (secondary N) is 3. The summed E-state index contributed by atoms with van der Waals surface area (Å²) in [7, 11) is -1.70. The lowest BCUT2D eigenvalue weighted by Gasteiger charge is -2.12. The Kier molecular flexibility index (Phi) is 5.05. The van der Waals surface area contributed by atoms with Gasteiger partial charge >= 0.3 is 0 Å². The molecule has 1 aromatic carbocycles. The minimum Gasteiger partial charge on any atom is -0.316 e. The smallest absolute Gasteiger partial charge is 0.240 e. The molecule has 0 aliphatic carbocycles. The first kappa shape index (κ1) is 15.6. The van der Waals surface area contributed by atoms with Crippen LogP contribution < -0.4 is 10.0 Å². The molecule has 2 rings (SSSR count). The molecule has 1 aromatic heterocycles. The van der Waals surface area contributed by atoms with Crippen molar-refractivity contribution in [3.05, 3.63) is 41.5 Å². The fraction of sp³-hybridized carbons (Fsp3) is 0.385. The van der Waals surface area contributed by atoms with Gasteiger partial charge in [-0.25, -0.2) is 18.1 Å². The molecule has 3 N–H and O–H groups in total. The highest BCUT2D eigenvalue weighted by atomic mass is 32.2. The largest absolute Gasteiger partial charge is 0.316 e. The lowest BCUT2D eigenvalue weighted by molar-refractivity contribution is 0.580. The van der Waals surface area contributed by atoms with Gasteiger partial charge in [0.25, 0.3) is 0 Å². The topological polar surface area (TPSA) is 99.8 Å². The highest BCUT2D eigenvalue weighted by Gasteiger charge is 2.17. The quantitative estimate of drug-likeness (QED) is 0.685. The van der Waals surface area contributed by atoms with Crippen molar-refractivity contribution < 1.29 is 8.42 Å². The SMILES string of the molecule is CNCc1cccc(S(=O)(=O)NCCc2ncn[nH]2)c1C. The van der Waals surface area contributed by atoms with Gasteiger partial charge < -0.3 is 5.32 Å². The van der Waals surface area contributed by atoms with Crippen LogP contribution in [0.15, 0.2) is 29.4 Å². The molecule has 0 aliphatic heterocycles. The highest BCUT2D eigenvalue weighted by molar-refractivity contribution is 7.89. The van der Waals surface area contributed by atoms with Crippen LogP contribution in [-0.4, -0.2) is 37.2 Å². The van der Waals surface area contributed by atoms with E-state index in [0.29, 0.717) is 23.7 Å². The van der Waals surface area contributed by atoms with E-state index in [1.807, 2.05) is 20.0 Å². The van der Waals surface area contributed by atoms with Gasteiger partial charge in [0, 0.05) is 19.5 Å². The number of nitrogens with zero attached hydrogens (tertiary/aromatic N) is 2. The van der Waals surface area contributed by atoms with Crippen molar-refractivity contribution in [1.29, 1.82) is 0 Å². The van der Waals surface area contributed by atoms with Crippen LogP contribution in [0.5, 0.6) is 0 Å². The summed E-state index contributed by atoms with van der Waals surface area (Å²) in [5.41, 5.74) is 1.73. The van der Waals surface area contributed by atoms with E-state index in [1.165, 1.54) is 6.33 Å². The monoisotopic (exact) mass is 309 g/mol. The van der Waals surface area contributed by atoms with Crippen molar-refractivity contribution >= 4 is 10.0 Å². The van der Waals surface area contributed by atoms with E-state index >= 15 is 0 Å². The Morgan fingerprint density at radius 2 is 2.14 bits per heavy atom. The fourth-order valence-electron chi connectivity index (χ4n) is 2.07. The summed E-state index contributed by atoms with van der Waals surface area (Å²) in [6.45, 7) is 2.72. The zero-order valence-corrected chi connectivity index (χ0v) is 12.9. The van der Waals surface area contributed by atoms with Gasteiger partial charge in [-0.1, -0.05) is 12.1 Å². The molecule has 1 heterocycles. The minimum absolute atomic E-state index is 0.271. The third kappa shape index (κ3) is 3.87. The van der Waals surface area contributed by atoms with Crippen molar-refractivity contribution in [3.8, 4) is 0 Å². The summed E-state index contributed by atoms with van der Waals surface area (Å²) in [5.74, 6) is 0.651. The number of benzene rings is 1. The first-order valence-corrected chi connectivity index (χ1v) is 8.10. The van der Waals surface area contributed by atoms with Crippen molar-refractivity contribution in [1.82, 2.24) is 25.2 Å². The van der Waals surface area contributed by atoms with E-state index < -0.39 is 10.0 Å². The molecule has 7 nitrogen and oxygen atoms in total. The summed E-state index contributed by atoms with van der Waals surface area (Å²) < 4.78 is 27.3. The Bertz CT molecular complexity index is 683. The molecule has 2 aromatic rings. The van der Waals surface area contributed by atoms with Crippen LogP contribution >= 0.6 is 0 Å². The molecule has 0 atom stereocenters. The lowest BCUT2D eigenvalue weighted by Crippen LogP contribution is -2.27. The van der Waals surface area contributed by atoms with Crippen LogP contribution in [-0.2, 0) is 23.0 Å². The fourth-order valence-corrected chi connectivity index (χ4v) is 3.38. The molecule has 0 radical (unpaired) electrons. The third-order valence-electron chi connectivity index (χ3n) is 3.17. The van der Waals surface area contributed by atoms with Gasteiger partial charge in [0.15, 0.2) is 0 Å². The van der Waals surface area contributed by atoms with Gasteiger partial charge in [0.1, 0.15) is 12.2 Å². The van der Waals surface area contributed by atoms with Crippen LogP contribution in [0.2, 0.25) is 0 Å². The van der Waals surface area contributed by atoms with Crippen molar-refractivity contribution in [2.75, 3.05) is 13.6 Å². The Labute approximate surface area is 124 Å². The zero-order valence-electron chi connectivity index (χ0n) is 12.0. The maximum Gasteiger partial charge on any atom is 0.240 e. The number of hydrogen-bond donors (Lipinski definition) is 3. The first-order valence-electron chi connectivity index (χ1n) is 6.61. The Morgan fingerprint density at radius 1 is 1.33 bits per heavy atom. The van der Waals surface area contributed by atoms with Crippen LogP contribution in [0.3, 0.4) is 0 Å². The summed E-state index contributed by atoms with van der Waals surface area (Å²) in [6, 6.07) is 5.29. The summed E-state index contributed by atoms with van der Waals surface area (Å²) in [5, 5.41) is 9.45. The van der Waals surface area contributed by atoms with E-state index in [0.717, 1.165) is 11.1 Å². The number of aromatic amines is 1. The average Bonchev–Trinajstić information content (AvgIpc) is 2.94. The van der Waals surface area contributed by atoms with Gasteiger partial charge in [-0.15, -0.1) is 0 Å². The normalized spacial score (nSPS) is 11.7. The maximum atomic E-state index is 12.4. The molecule has 8 heteroatoms. The van der Waals surface area contributed by atoms with Crippen LogP contribution in [0.4, 0.5) is 0 Å². The second-order valence-corrected chi connectivity index (χ2v) is 6.39. The zero-order chi connectivity index (χ0) is 15.3. The van der Waals surface area contributed by atoms with Crippen LogP contribution in [0, 0.1) is 6.92 Å². The van der Waals surface area contributed by atoms with E-state index in [1.54, 1.807) is 12.1 Å². The average molecular weight is 309 g/mol. The van der Waals surface area contributed by atoms with E-state index in [-0.39, 0.29) is 6.54 Å². The van der Waals surface area contributed by atoms with Gasteiger partial charge in [-0.2, -0.15) is 5.10 Å². The molecule has 0 saturated carbocycles. The summed E-state index contributed by atoms with van der Waals surface area (Å²) in [6.07, 6.45) is 1.86. The maximum absolute atomic E-state index is 12.4. The Morgan fingerprint density at radius 3 is 2.81 bits per heavy atom. The molecular weight excluding hydrogens is 290 g/mol. The molecule has 0 fully saturated rings. The second kappa shape index (κ2) is 6.79. The van der Waals surface area contributed by atoms with E-state index in [4.69, 9.17) is 0 Å². The van der Waals surface area contributed by atoms with E-state index in [9.17, 15) is 8.42 Å². The summed E-state index contributed by atoms with van der Waals surface area (Å²) >= 11 is 0. The highest BCUT2D eigenvalue weighted by Crippen LogP contribution is 2.18. The van der Waals surface area contributed by atoms with E-state index in [2.05, 4.69) is 25.2 Å². The number of aromatic nitrogens is 3. The molecule has 0 unspecified atom stereocenters. The number of rotatable bonds is 7. The molecular formula is C13H19N5O2S. The minimum atomic E-state index is -3.52. The van der Waals surface area contributed by atoms with Gasteiger partial charge in [0.2, 0.25) is 10.0 Å². The molecule has 0 aliphatic rings. The summed E-state index contributed by atoms with van der Waals surface area (Å²) in [4.78, 5) is 4.27. The number of H-pyrrole nitrogens is 1.